The van der Waals surface area contributed by atoms with Gasteiger partial charge in [-0.2, -0.15) is 5.10 Å². The number of fused-ring (bicyclic) bond motifs is 17. The topological polar surface area (TPSA) is 198 Å². The van der Waals surface area contributed by atoms with E-state index in [4.69, 9.17) is 16.3 Å². The molecule has 0 spiro atoms. The Hall–Kier alpha value is -4.57. The Morgan fingerprint density at radius 3 is 2.65 bits per heavy atom. The lowest BCUT2D eigenvalue weighted by molar-refractivity contribution is -0.132. The molecule has 2 aliphatic heterocycles. The summed E-state index contributed by atoms with van der Waals surface area (Å²) in [5.74, 6) is -1.55. The van der Waals surface area contributed by atoms with Gasteiger partial charge in [-0.05, 0) is 37.5 Å². The zero-order chi connectivity index (χ0) is 34.6. The zero-order valence-corrected chi connectivity index (χ0v) is 28.1. The zero-order valence-electron chi connectivity index (χ0n) is 27.3. The van der Waals surface area contributed by atoms with E-state index in [-0.39, 0.29) is 41.9 Å². The van der Waals surface area contributed by atoms with Crippen LogP contribution in [0.4, 0.5) is 0 Å². The summed E-state index contributed by atoms with van der Waals surface area (Å²) in [4.78, 5) is 58.6. The molecule has 0 radical (unpaired) electrons. The number of carbonyl (C=O) groups excluding carboxylic acids is 4. The van der Waals surface area contributed by atoms with Crippen LogP contribution in [0.5, 0.6) is 5.75 Å². The van der Waals surface area contributed by atoms with E-state index in [1.807, 2.05) is 20.0 Å². The maximum Gasteiger partial charge on any atom is 0.252 e. The second kappa shape index (κ2) is 17.5. The minimum Gasteiger partial charge on any atom is -0.492 e. The molecule has 4 heterocycles. The maximum absolute atomic E-state index is 13.4. The number of halogens is 1. The summed E-state index contributed by atoms with van der Waals surface area (Å²) in [5.41, 5.74) is 0.861. The molecule has 0 aliphatic carbocycles. The van der Waals surface area contributed by atoms with Crippen molar-refractivity contribution < 1.29 is 29.0 Å². The number of aromatic nitrogens is 6. The van der Waals surface area contributed by atoms with Gasteiger partial charge in [0.25, 0.3) is 5.91 Å². The molecule has 17 heteroatoms. The molecular formula is C31H43ClN10O6. The minimum absolute atomic E-state index is 0.0265. The molecule has 3 atom stereocenters. The van der Waals surface area contributed by atoms with Crippen LogP contribution < -0.4 is 20.7 Å². The number of aliphatic hydroxyl groups excluding tert-OH is 1. The third kappa shape index (κ3) is 10.7. The second-order valence-corrected chi connectivity index (χ2v) is 12.4. The number of carbonyl (C=O) groups is 4. The van der Waals surface area contributed by atoms with Crippen LogP contribution in [-0.4, -0.2) is 108 Å². The summed E-state index contributed by atoms with van der Waals surface area (Å²) >= 11 is 6.40. The van der Waals surface area contributed by atoms with Crippen molar-refractivity contribution in [2.45, 2.75) is 77.7 Å². The van der Waals surface area contributed by atoms with Gasteiger partial charge in [-0.15, -0.1) is 5.10 Å². The molecule has 3 aromatic rings. The van der Waals surface area contributed by atoms with Crippen LogP contribution in [0.25, 0.3) is 0 Å². The Morgan fingerprint density at radius 1 is 1.12 bits per heavy atom. The fourth-order valence-electron chi connectivity index (χ4n) is 5.09. The maximum atomic E-state index is 13.4. The summed E-state index contributed by atoms with van der Waals surface area (Å²) in [6, 6.07) is 2.17. The van der Waals surface area contributed by atoms with E-state index in [2.05, 4.69) is 36.3 Å². The molecule has 0 fully saturated rings. The summed E-state index contributed by atoms with van der Waals surface area (Å²) in [5, 5.41) is 31.2. The molecule has 16 nitrogen and oxygen atoms in total. The monoisotopic (exact) mass is 686 g/mol. The number of ether oxygens (including phenoxy) is 1. The second-order valence-electron chi connectivity index (χ2n) is 12.0. The van der Waals surface area contributed by atoms with Crippen LogP contribution in [0.15, 0.2) is 37.1 Å². The van der Waals surface area contributed by atoms with Crippen molar-refractivity contribution in [2.24, 2.45) is 5.92 Å². The van der Waals surface area contributed by atoms with E-state index in [1.165, 1.54) is 31.7 Å². The lowest BCUT2D eigenvalue weighted by atomic mass is 10.0. The van der Waals surface area contributed by atoms with Crippen molar-refractivity contribution in [1.29, 1.82) is 0 Å². The summed E-state index contributed by atoms with van der Waals surface area (Å²) in [6.07, 6.45) is 4.99. The molecule has 1 aromatic carbocycles. The predicted molar refractivity (Wildman–Crippen MR) is 174 cm³/mol. The molecule has 2 aliphatic rings. The average molecular weight is 687 g/mol. The molecular weight excluding hydrogens is 644 g/mol. The third-order valence-corrected chi connectivity index (χ3v) is 7.95. The first-order chi connectivity index (χ1) is 23.0. The van der Waals surface area contributed by atoms with Gasteiger partial charge in [0.2, 0.25) is 17.7 Å². The normalized spacial score (nSPS) is 19.5. The van der Waals surface area contributed by atoms with Crippen molar-refractivity contribution in [3.63, 3.8) is 0 Å². The van der Waals surface area contributed by atoms with Crippen LogP contribution in [0.2, 0.25) is 5.02 Å². The van der Waals surface area contributed by atoms with Crippen LogP contribution >= 0.6 is 11.6 Å². The molecule has 5 rings (SSSR count). The first-order valence-electron chi connectivity index (χ1n) is 16.0. The molecule has 0 saturated carbocycles. The third-order valence-electron chi connectivity index (χ3n) is 7.65. The molecule has 2 aromatic heterocycles. The number of rotatable bonds is 6. The fourth-order valence-corrected chi connectivity index (χ4v) is 5.32. The van der Waals surface area contributed by atoms with Crippen molar-refractivity contribution in [2.75, 3.05) is 26.2 Å². The smallest absolute Gasteiger partial charge is 0.252 e. The summed E-state index contributed by atoms with van der Waals surface area (Å²) in [7, 11) is 0. The number of aliphatic hydroxyl groups is 1. The fraction of sp³-hybridized carbons (Fsp3) is 0.548. The van der Waals surface area contributed by atoms with E-state index in [9.17, 15) is 24.3 Å². The quantitative estimate of drug-likeness (QED) is 0.266. The minimum atomic E-state index is -1.35. The molecule has 260 valence electrons. The van der Waals surface area contributed by atoms with Gasteiger partial charge in [0.15, 0.2) is 0 Å². The summed E-state index contributed by atoms with van der Waals surface area (Å²) in [6.45, 7) is 7.05. The first kappa shape index (κ1) is 36.3. The van der Waals surface area contributed by atoms with Crippen LogP contribution in [0.3, 0.4) is 0 Å². The van der Waals surface area contributed by atoms with E-state index in [0.29, 0.717) is 56.9 Å². The number of amides is 4. The molecule has 4 amide bonds. The highest BCUT2D eigenvalue weighted by Gasteiger charge is 2.31. The number of aryl methyl sites for hydroxylation is 2. The van der Waals surface area contributed by atoms with E-state index < -0.39 is 35.9 Å². The average Bonchev–Trinajstić information content (AvgIpc) is 3.74. The van der Waals surface area contributed by atoms with Gasteiger partial charge in [-0.1, -0.05) is 30.7 Å². The van der Waals surface area contributed by atoms with Gasteiger partial charge in [0, 0.05) is 57.2 Å². The number of nitrogens with zero attached hydrogens (tertiary/aromatic N) is 7. The van der Waals surface area contributed by atoms with Crippen molar-refractivity contribution in [3.8, 4) is 5.75 Å². The van der Waals surface area contributed by atoms with Crippen LogP contribution in [0.1, 0.15) is 56.1 Å². The summed E-state index contributed by atoms with van der Waals surface area (Å²) < 4.78 is 9.08. The highest BCUT2D eigenvalue weighted by Crippen LogP contribution is 2.26. The van der Waals surface area contributed by atoms with Crippen LogP contribution in [-0.2, 0) is 33.9 Å². The van der Waals surface area contributed by atoms with Crippen molar-refractivity contribution in [1.82, 2.24) is 50.6 Å². The molecule has 4 N–H and O–H groups in total. The lowest BCUT2D eigenvalue weighted by Crippen LogP contribution is -2.57. The first-order valence-corrected chi connectivity index (χ1v) is 16.4. The molecule has 0 saturated heterocycles. The largest absolute Gasteiger partial charge is 0.492 e. The Labute approximate surface area is 283 Å². The van der Waals surface area contributed by atoms with Crippen molar-refractivity contribution >= 4 is 35.2 Å². The number of nitrogens with one attached hydrogen (secondary N) is 3. The van der Waals surface area contributed by atoms with Gasteiger partial charge in [0.05, 0.1) is 30.0 Å². The Balaban J connectivity index is 1.54. The van der Waals surface area contributed by atoms with Gasteiger partial charge >= 0.3 is 0 Å². The molecule has 4 bridgehead atoms. The van der Waals surface area contributed by atoms with Gasteiger partial charge in [-0.3, -0.25) is 28.5 Å². The predicted octanol–water partition coefficient (Wildman–Crippen LogP) is 0.593. The highest BCUT2D eigenvalue weighted by atomic mass is 35.5. The van der Waals surface area contributed by atoms with E-state index in [1.54, 1.807) is 20.3 Å². The Kier molecular flexibility index (Phi) is 13.3. The SMILES string of the molecule is CC(C)C[C@H]1NC(=O)[C@H]([C@@H](C)O)NC(=O)c2ccc(c(Cl)c2)OCCCn2cc(nn2)CCN(C(=O)CCn2cncn2)CCNC1=O. The van der Waals surface area contributed by atoms with E-state index >= 15 is 0 Å². The molecule has 0 unspecified atom stereocenters. The van der Waals surface area contributed by atoms with E-state index in [0.717, 1.165) is 0 Å². The Bertz CT molecular complexity index is 1530. The van der Waals surface area contributed by atoms with Gasteiger partial charge in [0.1, 0.15) is 30.5 Å². The number of hydrogen-bond acceptors (Lipinski definition) is 10. The lowest BCUT2D eigenvalue weighted by Gasteiger charge is -2.26. The van der Waals surface area contributed by atoms with Gasteiger partial charge in [-0.25, -0.2) is 4.98 Å². The van der Waals surface area contributed by atoms with Gasteiger partial charge < -0.3 is 30.7 Å². The number of benzene rings is 1. The number of hydrogen-bond donors (Lipinski definition) is 4. The highest BCUT2D eigenvalue weighted by molar-refractivity contribution is 6.32. The van der Waals surface area contributed by atoms with Crippen LogP contribution in [0, 0.1) is 5.92 Å². The molecule has 48 heavy (non-hydrogen) atoms. The Morgan fingerprint density at radius 2 is 1.94 bits per heavy atom. The van der Waals surface area contributed by atoms with Crippen molar-refractivity contribution in [3.05, 3.63) is 53.3 Å². The standard InChI is InChI=1S/C31H43ClN10O6/c1-20(2)15-25-30(46)34-9-13-40(27(44)8-12-42-19-33-18-35-42)11-7-23-17-41(39-38-23)10-4-14-48-26-6-5-22(16-24(26)32)29(45)37-28(21(3)43)31(47)36-25/h5-6,16-21,25,28,43H,4,7-15H2,1-3H3,(H,34,46)(H,36,47)(H,37,45)/t21-,25-,28+/m1/s1.